The Morgan fingerprint density at radius 3 is 2.56 bits per heavy atom. The van der Waals surface area contributed by atoms with Crippen molar-refractivity contribution >= 4 is 11.6 Å². The lowest BCUT2D eigenvalue weighted by atomic mass is 9.97. The fraction of sp³-hybridized carbons (Fsp3) is 0.235. The number of carbonyl (C=O) groups is 1. The number of alkyl halides is 1. The molecule has 2 aromatic carbocycles. The van der Waals surface area contributed by atoms with Crippen LogP contribution in [0.3, 0.4) is 0 Å². The lowest BCUT2D eigenvalue weighted by molar-refractivity contribution is -0.0946. The van der Waals surface area contributed by atoms with Gasteiger partial charge in [0.15, 0.2) is 11.2 Å². The molecule has 0 bridgehead atoms. The number of anilines is 1. The Labute approximate surface area is 257 Å². The van der Waals surface area contributed by atoms with E-state index in [1.165, 1.54) is 16.8 Å². The van der Waals surface area contributed by atoms with Gasteiger partial charge in [0.25, 0.3) is 0 Å². The number of hydrogen-bond acceptors (Lipinski definition) is 7. The molecule has 1 saturated heterocycles. The summed E-state index contributed by atoms with van der Waals surface area (Å²) in [6.07, 6.45) is 7.75. The first-order chi connectivity index (χ1) is 21.9. The Hall–Kier alpha value is -5.00. The number of nitrogens with zero attached hydrogens (tertiary/aromatic N) is 4. The van der Waals surface area contributed by atoms with Crippen molar-refractivity contribution in [3.05, 3.63) is 113 Å². The number of pyridine rings is 2. The van der Waals surface area contributed by atoms with E-state index in [0.29, 0.717) is 54.2 Å². The number of benzene rings is 2. The summed E-state index contributed by atoms with van der Waals surface area (Å²) in [5.74, 6) is -0.945. The third kappa shape index (κ3) is 6.74. The molecule has 0 radical (unpaired) electrons. The fourth-order valence-electron chi connectivity index (χ4n) is 5.36. The van der Waals surface area contributed by atoms with Crippen LogP contribution in [0.15, 0.2) is 90.4 Å². The zero-order valence-corrected chi connectivity index (χ0v) is 24.4. The first kappa shape index (κ1) is 30.0. The molecule has 45 heavy (non-hydrogen) atoms. The van der Waals surface area contributed by atoms with Gasteiger partial charge in [-0.05, 0) is 23.3 Å². The van der Waals surface area contributed by atoms with E-state index in [9.17, 15) is 14.0 Å². The van der Waals surface area contributed by atoms with Gasteiger partial charge in [0, 0.05) is 59.0 Å². The van der Waals surface area contributed by atoms with Crippen LogP contribution in [0, 0.1) is 5.82 Å². The van der Waals surface area contributed by atoms with Crippen molar-refractivity contribution in [2.45, 2.75) is 25.6 Å². The minimum absolute atomic E-state index is 0.0110. The lowest BCUT2D eigenvalue weighted by Gasteiger charge is -2.22. The van der Waals surface area contributed by atoms with Gasteiger partial charge in [0.05, 0.1) is 44.7 Å². The number of ketones is 1. The van der Waals surface area contributed by atoms with Gasteiger partial charge in [0.2, 0.25) is 0 Å². The van der Waals surface area contributed by atoms with Gasteiger partial charge in [-0.2, -0.15) is 5.10 Å². The van der Waals surface area contributed by atoms with E-state index in [-0.39, 0.29) is 36.0 Å². The number of aryl methyl sites for hydroxylation is 1. The highest BCUT2D eigenvalue weighted by atomic mass is 19.1. The summed E-state index contributed by atoms with van der Waals surface area (Å²) in [5, 5.41) is 4.41. The van der Waals surface area contributed by atoms with E-state index in [0.717, 1.165) is 5.56 Å². The van der Waals surface area contributed by atoms with Crippen molar-refractivity contribution in [3.8, 4) is 33.4 Å². The number of Topliss-reactive ketones (excluding diaryl/α,β-unsaturated/α-hetero) is 1. The van der Waals surface area contributed by atoms with Gasteiger partial charge in [-0.25, -0.2) is 13.8 Å². The van der Waals surface area contributed by atoms with Crippen molar-refractivity contribution in [1.82, 2.24) is 19.3 Å². The van der Waals surface area contributed by atoms with Crippen molar-refractivity contribution in [1.29, 1.82) is 0 Å². The summed E-state index contributed by atoms with van der Waals surface area (Å²) in [5.41, 5.74) is 8.99. The lowest BCUT2D eigenvalue weighted by Crippen LogP contribution is -2.32. The number of ether oxygens (including phenoxy) is 2. The number of nitrogen functional groups attached to an aromatic ring is 1. The van der Waals surface area contributed by atoms with Gasteiger partial charge in [0.1, 0.15) is 24.4 Å². The zero-order valence-electron chi connectivity index (χ0n) is 24.4. The molecule has 11 heteroatoms. The summed E-state index contributed by atoms with van der Waals surface area (Å²) in [7, 11) is 0. The maximum absolute atomic E-state index is 15.6. The van der Waals surface area contributed by atoms with Crippen LogP contribution in [0.2, 0.25) is 0 Å². The molecule has 0 aliphatic carbocycles. The highest BCUT2D eigenvalue weighted by Gasteiger charge is 2.19. The monoisotopic (exact) mass is 611 g/mol. The SMILES string of the molecule is Nc1ncc(-c2cnn(C[C@H]3COCCO3)c2)cc1-c1ccc(CC(=O)c2cn(CCF)cc(-c3ccccc3)c2=O)cc1F. The van der Waals surface area contributed by atoms with E-state index in [2.05, 4.69) is 10.1 Å². The summed E-state index contributed by atoms with van der Waals surface area (Å²) in [6.45, 7) is 1.49. The van der Waals surface area contributed by atoms with Crippen LogP contribution in [-0.2, 0) is 29.0 Å². The Bertz CT molecular complexity index is 1880. The van der Waals surface area contributed by atoms with Crippen LogP contribution in [0.4, 0.5) is 14.6 Å². The highest BCUT2D eigenvalue weighted by molar-refractivity contribution is 5.98. The molecule has 0 unspecified atom stereocenters. The second kappa shape index (κ2) is 13.3. The minimum Gasteiger partial charge on any atom is -0.383 e. The zero-order chi connectivity index (χ0) is 31.3. The highest BCUT2D eigenvalue weighted by Crippen LogP contribution is 2.32. The van der Waals surface area contributed by atoms with E-state index in [1.807, 2.05) is 12.3 Å². The normalized spacial score (nSPS) is 14.8. The molecular formula is C34H31F2N5O4. The summed E-state index contributed by atoms with van der Waals surface area (Å²) in [6, 6.07) is 15.0. The number of carbonyl (C=O) groups excluding carboxylic acids is 1. The number of halogens is 2. The fourth-order valence-corrected chi connectivity index (χ4v) is 5.36. The molecule has 5 aromatic rings. The second-order valence-electron chi connectivity index (χ2n) is 10.8. The van der Waals surface area contributed by atoms with E-state index < -0.39 is 23.7 Å². The molecule has 1 aliphatic rings. The number of rotatable bonds is 10. The van der Waals surface area contributed by atoms with Crippen LogP contribution >= 0.6 is 0 Å². The molecule has 1 aliphatic heterocycles. The molecule has 0 spiro atoms. The molecule has 2 N–H and O–H groups in total. The van der Waals surface area contributed by atoms with Crippen LogP contribution in [0.5, 0.6) is 0 Å². The number of aromatic nitrogens is 4. The third-order valence-electron chi connectivity index (χ3n) is 7.66. The molecule has 6 rings (SSSR count). The molecular weight excluding hydrogens is 580 g/mol. The topological polar surface area (TPSA) is 114 Å². The van der Waals surface area contributed by atoms with Crippen molar-refractivity contribution < 1.29 is 23.0 Å². The summed E-state index contributed by atoms with van der Waals surface area (Å²) < 4.78 is 43.2. The summed E-state index contributed by atoms with van der Waals surface area (Å²) in [4.78, 5) is 30.9. The molecule has 230 valence electrons. The molecule has 0 amide bonds. The molecule has 1 atom stereocenters. The van der Waals surface area contributed by atoms with Crippen LogP contribution in [0.1, 0.15) is 15.9 Å². The summed E-state index contributed by atoms with van der Waals surface area (Å²) >= 11 is 0. The molecule has 3 aromatic heterocycles. The van der Waals surface area contributed by atoms with Crippen LogP contribution in [-0.4, -0.2) is 57.7 Å². The smallest absolute Gasteiger partial charge is 0.200 e. The van der Waals surface area contributed by atoms with Gasteiger partial charge >= 0.3 is 0 Å². The maximum Gasteiger partial charge on any atom is 0.200 e. The van der Waals surface area contributed by atoms with E-state index >= 15 is 4.39 Å². The third-order valence-corrected chi connectivity index (χ3v) is 7.66. The Morgan fingerprint density at radius 2 is 1.80 bits per heavy atom. The molecule has 0 saturated carbocycles. The maximum atomic E-state index is 15.6. The second-order valence-corrected chi connectivity index (χ2v) is 10.8. The van der Waals surface area contributed by atoms with E-state index in [4.69, 9.17) is 15.2 Å². The van der Waals surface area contributed by atoms with Crippen LogP contribution in [0.25, 0.3) is 33.4 Å². The standard InChI is InChI=1S/C34H31F2N5O4/c35-8-9-40-19-29(23-4-2-1-3-5-23)33(43)30(20-40)32(42)13-22-6-7-27(31(36)12-22)28-14-24(15-38-34(28)37)25-16-39-41(17-25)18-26-21-44-10-11-45-26/h1-7,12,14-17,19-20,26H,8-11,13,18,21H2,(H2,37,38)/t26-/m0/s1. The Kier molecular flexibility index (Phi) is 8.90. The molecule has 9 nitrogen and oxygen atoms in total. The number of hydrogen-bond donors (Lipinski definition) is 1. The number of nitrogens with two attached hydrogens (primary N) is 1. The Balaban J connectivity index is 1.23. The molecule has 1 fully saturated rings. The van der Waals surface area contributed by atoms with Gasteiger partial charge < -0.3 is 19.8 Å². The quantitative estimate of drug-likeness (QED) is 0.222. The average molecular weight is 612 g/mol. The van der Waals surface area contributed by atoms with E-state index in [1.54, 1.807) is 65.7 Å². The largest absolute Gasteiger partial charge is 0.383 e. The Morgan fingerprint density at radius 1 is 0.956 bits per heavy atom. The van der Waals surface area contributed by atoms with Crippen molar-refractivity contribution in [2.75, 3.05) is 32.2 Å². The van der Waals surface area contributed by atoms with Crippen LogP contribution < -0.4 is 11.2 Å². The van der Waals surface area contributed by atoms with Crippen molar-refractivity contribution in [2.24, 2.45) is 0 Å². The van der Waals surface area contributed by atoms with Crippen molar-refractivity contribution in [3.63, 3.8) is 0 Å². The van der Waals surface area contributed by atoms with Gasteiger partial charge in [-0.1, -0.05) is 42.5 Å². The van der Waals surface area contributed by atoms with Gasteiger partial charge in [-0.15, -0.1) is 0 Å². The predicted molar refractivity (Wildman–Crippen MR) is 166 cm³/mol. The average Bonchev–Trinajstić information content (AvgIpc) is 3.51. The predicted octanol–water partition coefficient (Wildman–Crippen LogP) is 4.97. The minimum atomic E-state index is -0.663. The molecule has 4 heterocycles. The first-order valence-electron chi connectivity index (χ1n) is 14.5. The van der Waals surface area contributed by atoms with Gasteiger partial charge in [-0.3, -0.25) is 14.3 Å². The first-order valence-corrected chi connectivity index (χ1v) is 14.5.